The van der Waals surface area contributed by atoms with E-state index in [1.165, 1.54) is 18.2 Å². The zero-order valence-electron chi connectivity index (χ0n) is 9.65. The van der Waals surface area contributed by atoms with Crippen LogP contribution in [0.25, 0.3) is 0 Å². The van der Waals surface area contributed by atoms with Gasteiger partial charge in [0, 0.05) is 11.5 Å². The molecule has 1 N–H and O–H groups in total. The van der Waals surface area contributed by atoms with Crippen LogP contribution in [0, 0.1) is 11.7 Å². The minimum Gasteiger partial charge on any atom is -0.487 e. The van der Waals surface area contributed by atoms with Gasteiger partial charge in [-0.15, -0.1) is 0 Å². The van der Waals surface area contributed by atoms with E-state index in [2.05, 4.69) is 0 Å². The van der Waals surface area contributed by atoms with E-state index in [1.807, 2.05) is 0 Å². The molecule has 1 atom stereocenters. The van der Waals surface area contributed by atoms with E-state index in [0.29, 0.717) is 0 Å². The molecular formula is C13H15FO3. The average molecular weight is 238 g/mol. The topological polar surface area (TPSA) is 46.5 Å². The molecule has 4 heteroatoms. The molecule has 0 heterocycles. The van der Waals surface area contributed by atoms with Crippen LogP contribution in [0.5, 0.6) is 5.75 Å². The van der Waals surface area contributed by atoms with Crippen LogP contribution in [0.2, 0.25) is 0 Å². The molecule has 0 spiro atoms. The Morgan fingerprint density at radius 1 is 1.59 bits per heavy atom. The van der Waals surface area contributed by atoms with Crippen molar-refractivity contribution in [2.24, 2.45) is 5.92 Å². The van der Waals surface area contributed by atoms with E-state index in [4.69, 9.17) is 9.84 Å². The summed E-state index contributed by atoms with van der Waals surface area (Å²) in [5, 5.41) is 8.88. The Morgan fingerprint density at radius 2 is 2.29 bits per heavy atom. The van der Waals surface area contributed by atoms with Gasteiger partial charge in [0.25, 0.3) is 0 Å². The van der Waals surface area contributed by atoms with Crippen molar-refractivity contribution in [3.8, 4) is 5.75 Å². The second-order valence-electron chi connectivity index (χ2n) is 4.41. The second-order valence-corrected chi connectivity index (χ2v) is 4.41. The van der Waals surface area contributed by atoms with E-state index in [-0.39, 0.29) is 29.8 Å². The van der Waals surface area contributed by atoms with Gasteiger partial charge in [-0.05, 0) is 31.0 Å². The van der Waals surface area contributed by atoms with E-state index >= 15 is 0 Å². The molecule has 0 unspecified atom stereocenters. The van der Waals surface area contributed by atoms with Crippen LogP contribution in [0.3, 0.4) is 0 Å². The van der Waals surface area contributed by atoms with E-state index in [1.54, 1.807) is 6.92 Å². The number of hydrogen-bond donors (Lipinski definition) is 1. The Hall–Kier alpha value is -1.42. The van der Waals surface area contributed by atoms with E-state index in [0.717, 1.165) is 12.8 Å². The number of aliphatic hydroxyl groups is 1. The Bertz CT molecular complexity index is 427. The lowest BCUT2D eigenvalue weighted by molar-refractivity contribution is 0.0877. The summed E-state index contributed by atoms with van der Waals surface area (Å²) < 4.78 is 19.0. The number of carbonyl (C=O) groups is 1. The van der Waals surface area contributed by atoms with Gasteiger partial charge in [0.05, 0.1) is 12.7 Å². The molecule has 0 bridgehead atoms. The second kappa shape index (κ2) is 4.84. The highest BCUT2D eigenvalue weighted by Gasteiger charge is 2.25. The zero-order valence-corrected chi connectivity index (χ0v) is 9.65. The summed E-state index contributed by atoms with van der Waals surface area (Å²) >= 11 is 0. The standard InChI is InChI=1S/C13H15FO3/c1-8(7-15)13(16)9-2-5-12(11(14)6-9)17-10-3-4-10/h2,5-6,8,10,15H,3-4,7H2,1H3/t8-/m1/s1. The Morgan fingerprint density at radius 3 is 2.82 bits per heavy atom. The predicted octanol–water partition coefficient (Wildman–Crippen LogP) is 2.18. The van der Waals surface area contributed by atoms with Crippen LogP contribution in [0.15, 0.2) is 18.2 Å². The molecule has 3 nitrogen and oxygen atoms in total. The maximum atomic E-state index is 13.6. The van der Waals surface area contributed by atoms with Gasteiger partial charge < -0.3 is 9.84 Å². The van der Waals surface area contributed by atoms with Crippen LogP contribution in [-0.2, 0) is 0 Å². The fraction of sp³-hybridized carbons (Fsp3) is 0.462. The Balaban J connectivity index is 2.14. The third-order valence-electron chi connectivity index (χ3n) is 2.76. The first-order valence-corrected chi connectivity index (χ1v) is 5.73. The minimum absolute atomic E-state index is 0.127. The van der Waals surface area contributed by atoms with Crippen molar-refractivity contribution in [3.05, 3.63) is 29.6 Å². The van der Waals surface area contributed by atoms with Crippen molar-refractivity contribution in [2.45, 2.75) is 25.9 Å². The Kier molecular flexibility index (Phi) is 3.43. The number of halogens is 1. The maximum absolute atomic E-state index is 13.6. The van der Waals surface area contributed by atoms with Gasteiger partial charge in [-0.25, -0.2) is 4.39 Å². The van der Waals surface area contributed by atoms with Gasteiger partial charge in [-0.1, -0.05) is 6.92 Å². The smallest absolute Gasteiger partial charge is 0.168 e. The Labute approximate surface area is 99.2 Å². The molecular weight excluding hydrogens is 223 g/mol. The van der Waals surface area contributed by atoms with Crippen LogP contribution in [0.1, 0.15) is 30.1 Å². The lowest BCUT2D eigenvalue weighted by Crippen LogP contribution is -2.15. The lowest BCUT2D eigenvalue weighted by atomic mass is 10.00. The molecule has 92 valence electrons. The normalized spacial score (nSPS) is 16.6. The molecule has 17 heavy (non-hydrogen) atoms. The van der Waals surface area contributed by atoms with Crippen LogP contribution < -0.4 is 4.74 Å². The van der Waals surface area contributed by atoms with Crippen molar-refractivity contribution in [1.29, 1.82) is 0 Å². The number of Topliss-reactive ketones (excluding diaryl/α,β-unsaturated/α-hetero) is 1. The van der Waals surface area contributed by atoms with Crippen molar-refractivity contribution in [3.63, 3.8) is 0 Å². The summed E-state index contributed by atoms with van der Waals surface area (Å²) in [7, 11) is 0. The molecule has 1 aliphatic rings. The van der Waals surface area contributed by atoms with Gasteiger partial charge >= 0.3 is 0 Å². The van der Waals surface area contributed by atoms with E-state index in [9.17, 15) is 9.18 Å². The highest BCUT2D eigenvalue weighted by atomic mass is 19.1. The number of hydrogen-bond acceptors (Lipinski definition) is 3. The summed E-state index contributed by atoms with van der Waals surface area (Å²) in [6.07, 6.45) is 2.05. The number of ketones is 1. The summed E-state index contributed by atoms with van der Waals surface area (Å²) in [5.41, 5.74) is 0.271. The molecule has 1 saturated carbocycles. The number of benzene rings is 1. The summed E-state index contributed by atoms with van der Waals surface area (Å²) in [5.74, 6) is -1.09. The third kappa shape index (κ3) is 2.82. The van der Waals surface area contributed by atoms with Crippen LogP contribution in [-0.4, -0.2) is 23.6 Å². The van der Waals surface area contributed by atoms with Gasteiger partial charge in [-0.3, -0.25) is 4.79 Å². The quantitative estimate of drug-likeness (QED) is 0.800. The van der Waals surface area contributed by atoms with Gasteiger partial charge in [0.15, 0.2) is 17.3 Å². The highest BCUT2D eigenvalue weighted by molar-refractivity contribution is 5.97. The average Bonchev–Trinajstić information content (AvgIpc) is 3.13. The fourth-order valence-corrected chi connectivity index (χ4v) is 1.48. The zero-order chi connectivity index (χ0) is 12.4. The molecule has 1 aromatic rings. The summed E-state index contributed by atoms with van der Waals surface area (Å²) in [6, 6.07) is 4.19. The van der Waals surface area contributed by atoms with Crippen molar-refractivity contribution < 1.29 is 19.0 Å². The molecule has 0 aliphatic heterocycles. The van der Waals surface area contributed by atoms with Crippen molar-refractivity contribution in [1.82, 2.24) is 0 Å². The molecule has 1 aliphatic carbocycles. The van der Waals surface area contributed by atoms with Crippen LogP contribution >= 0.6 is 0 Å². The summed E-state index contributed by atoms with van der Waals surface area (Å²) in [4.78, 5) is 11.7. The molecule has 1 fully saturated rings. The number of ether oxygens (including phenoxy) is 1. The first-order chi connectivity index (χ1) is 8.11. The van der Waals surface area contributed by atoms with Crippen LogP contribution in [0.4, 0.5) is 4.39 Å². The maximum Gasteiger partial charge on any atom is 0.168 e. The first-order valence-electron chi connectivity index (χ1n) is 5.73. The monoisotopic (exact) mass is 238 g/mol. The highest BCUT2D eigenvalue weighted by Crippen LogP contribution is 2.29. The predicted molar refractivity (Wildman–Crippen MR) is 60.6 cm³/mol. The SMILES string of the molecule is C[C@H](CO)C(=O)c1ccc(OC2CC2)c(F)c1. The van der Waals surface area contributed by atoms with E-state index < -0.39 is 11.7 Å². The fourth-order valence-electron chi connectivity index (χ4n) is 1.48. The number of carbonyl (C=O) groups excluding carboxylic acids is 1. The molecule has 0 amide bonds. The first kappa shape index (κ1) is 12.0. The minimum atomic E-state index is -0.520. The van der Waals surface area contributed by atoms with Gasteiger partial charge in [0.2, 0.25) is 0 Å². The van der Waals surface area contributed by atoms with Gasteiger partial charge in [0.1, 0.15) is 0 Å². The largest absolute Gasteiger partial charge is 0.487 e. The van der Waals surface area contributed by atoms with Crippen molar-refractivity contribution in [2.75, 3.05) is 6.61 Å². The molecule has 1 aromatic carbocycles. The molecule has 0 radical (unpaired) electrons. The number of aliphatic hydroxyl groups excluding tert-OH is 1. The number of rotatable bonds is 5. The van der Waals surface area contributed by atoms with Gasteiger partial charge in [-0.2, -0.15) is 0 Å². The molecule has 0 aromatic heterocycles. The lowest BCUT2D eigenvalue weighted by Gasteiger charge is -2.09. The molecule has 2 rings (SSSR count). The molecule has 0 saturated heterocycles. The summed E-state index contributed by atoms with van der Waals surface area (Å²) in [6.45, 7) is 1.37. The van der Waals surface area contributed by atoms with Crippen molar-refractivity contribution >= 4 is 5.78 Å². The third-order valence-corrected chi connectivity index (χ3v) is 2.76.